The van der Waals surface area contributed by atoms with Crippen LogP contribution in [0.2, 0.25) is 0 Å². The lowest BCUT2D eigenvalue weighted by Gasteiger charge is -2.27. The van der Waals surface area contributed by atoms with E-state index >= 15 is 0 Å². The van der Waals surface area contributed by atoms with Gasteiger partial charge in [0.25, 0.3) is 20.2 Å². The zero-order chi connectivity index (χ0) is 42.9. The number of hydrogen-bond acceptors (Lipinski definition) is 7. The van der Waals surface area contributed by atoms with Gasteiger partial charge >= 0.3 is 11.9 Å². The van der Waals surface area contributed by atoms with Gasteiger partial charge in [0, 0.05) is 46.6 Å². The average molecular weight is 838 g/mol. The number of benzene rings is 4. The van der Waals surface area contributed by atoms with Crippen LogP contribution in [0.3, 0.4) is 0 Å². The fourth-order valence-electron chi connectivity index (χ4n) is 7.70. The molecule has 2 aliphatic rings. The molecule has 0 radical (unpaired) electrons. The minimum atomic E-state index is -4.45. The molecular weight excluding hydrogens is 793 g/mol. The van der Waals surface area contributed by atoms with E-state index < -0.39 is 43.0 Å². The van der Waals surface area contributed by atoms with Crippen LogP contribution < -0.4 is 4.90 Å². The Morgan fingerprint density at radius 1 is 0.627 bits per heavy atom. The highest BCUT2D eigenvalue weighted by molar-refractivity contribution is 7.86. The van der Waals surface area contributed by atoms with E-state index in [1.807, 2.05) is 94.5 Å². The van der Waals surface area contributed by atoms with Gasteiger partial charge in [0.2, 0.25) is 5.69 Å². The van der Waals surface area contributed by atoms with Crippen LogP contribution in [-0.2, 0) is 66.6 Å². The molecule has 12 nitrogen and oxygen atoms in total. The summed E-state index contributed by atoms with van der Waals surface area (Å²) >= 11 is 0. The van der Waals surface area contributed by atoms with E-state index in [-0.39, 0.29) is 22.6 Å². The molecule has 2 aliphatic heterocycles. The van der Waals surface area contributed by atoms with E-state index in [4.69, 9.17) is 0 Å². The van der Waals surface area contributed by atoms with Crippen molar-refractivity contribution in [3.63, 3.8) is 0 Å². The van der Waals surface area contributed by atoms with Crippen molar-refractivity contribution in [2.24, 2.45) is 0 Å². The Hall–Kier alpha value is -5.93. The molecule has 0 amide bonds. The molecule has 4 aromatic carbocycles. The van der Waals surface area contributed by atoms with Gasteiger partial charge < -0.3 is 15.1 Å². The number of fused-ring (bicyclic) bond motifs is 2. The summed E-state index contributed by atoms with van der Waals surface area (Å²) in [5.74, 6) is -1.85. The molecule has 0 saturated heterocycles. The molecule has 0 fully saturated rings. The minimum Gasteiger partial charge on any atom is -0.481 e. The lowest BCUT2D eigenvalue weighted by atomic mass is 9.81. The number of allylic oxidation sites excluding steroid dienone is 8. The maximum absolute atomic E-state index is 12.1. The van der Waals surface area contributed by atoms with Gasteiger partial charge in [0.05, 0.1) is 28.0 Å². The van der Waals surface area contributed by atoms with Gasteiger partial charge in [-0.3, -0.25) is 18.7 Å². The lowest BCUT2D eigenvalue weighted by Crippen LogP contribution is -2.27. The Morgan fingerprint density at radius 3 is 1.68 bits per heavy atom. The van der Waals surface area contributed by atoms with Gasteiger partial charge in [-0.05, 0) is 72.5 Å². The summed E-state index contributed by atoms with van der Waals surface area (Å²) in [6.45, 7) is 8.73. The molecule has 59 heavy (non-hydrogen) atoms. The topological polar surface area (TPSA) is 190 Å². The van der Waals surface area contributed by atoms with Crippen LogP contribution >= 0.6 is 0 Å². The average Bonchev–Trinajstić information content (AvgIpc) is 3.49. The highest BCUT2D eigenvalue weighted by Gasteiger charge is 2.45. The maximum Gasteiger partial charge on any atom is 0.307 e. The summed E-state index contributed by atoms with van der Waals surface area (Å²) in [4.78, 5) is 24.1. The molecule has 0 bridgehead atoms. The summed E-state index contributed by atoms with van der Waals surface area (Å²) in [6, 6.07) is 23.6. The van der Waals surface area contributed by atoms with Gasteiger partial charge in [0.1, 0.15) is 0 Å². The number of hydrogen-bond donors (Lipinski definition) is 4. The molecule has 6 rings (SSSR count). The van der Waals surface area contributed by atoms with Crippen molar-refractivity contribution in [3.8, 4) is 0 Å². The van der Waals surface area contributed by atoms with Gasteiger partial charge in [0.15, 0.2) is 12.3 Å². The highest BCUT2D eigenvalue weighted by atomic mass is 32.2. The van der Waals surface area contributed by atoms with Crippen LogP contribution in [-0.4, -0.2) is 58.4 Å². The largest absolute Gasteiger partial charge is 0.481 e. The molecule has 306 valence electrons. The first-order valence-electron chi connectivity index (χ1n) is 18.6. The Morgan fingerprint density at radius 2 is 1.12 bits per heavy atom. The number of aliphatic carboxylic acids is 2. The normalized spacial score (nSPS) is 16.8. The first kappa shape index (κ1) is 42.7. The third-order valence-corrected chi connectivity index (χ3v) is 12.4. The van der Waals surface area contributed by atoms with E-state index in [2.05, 4.69) is 9.48 Å². The van der Waals surface area contributed by atoms with E-state index in [1.165, 1.54) is 24.3 Å². The minimum absolute atomic E-state index is 0.0935. The van der Waals surface area contributed by atoms with Crippen molar-refractivity contribution in [1.82, 2.24) is 0 Å². The number of nitrogens with zero attached hydrogens (tertiary/aromatic N) is 2. The quantitative estimate of drug-likeness (QED) is 0.0557. The number of rotatable bonds is 14. The standard InChI is InChI=1S/C45H44N2O10S2/c1-44(2)36-26-34(58(52,53)54)20-22-38(36)46(28-32-16-12-30(13-17-32)24-42(48)49)40(44)10-8-6-5-7-9-11-41-45(3,4)37-27-35(59(55,56)57)21-23-39(37)47(41)29-33-18-14-31(15-19-33)25-43(50)51/h5-23,26-27H,24-25,28-29H2,1-4H3,(H3-,48,49,50,51,52,53,54,55,56,57)/p+1. The number of carbonyl (C=O) groups is 2. The van der Waals surface area contributed by atoms with Crippen molar-refractivity contribution in [2.45, 2.75) is 74.2 Å². The molecule has 4 N–H and O–H groups in total. The Bertz CT molecular complexity index is 2710. The molecule has 0 saturated carbocycles. The van der Waals surface area contributed by atoms with E-state index in [1.54, 1.807) is 36.4 Å². The van der Waals surface area contributed by atoms with Crippen molar-refractivity contribution in [1.29, 1.82) is 0 Å². The molecule has 0 unspecified atom stereocenters. The number of anilines is 1. The van der Waals surface area contributed by atoms with Crippen LogP contribution in [0.5, 0.6) is 0 Å². The zero-order valence-electron chi connectivity index (χ0n) is 32.9. The molecule has 4 aromatic rings. The summed E-state index contributed by atoms with van der Waals surface area (Å²) in [7, 11) is -8.89. The van der Waals surface area contributed by atoms with Crippen LogP contribution in [0.4, 0.5) is 11.4 Å². The predicted octanol–water partition coefficient (Wildman–Crippen LogP) is 7.56. The van der Waals surface area contributed by atoms with Gasteiger partial charge in [-0.1, -0.05) is 92.8 Å². The zero-order valence-corrected chi connectivity index (χ0v) is 34.5. The smallest absolute Gasteiger partial charge is 0.307 e. The number of carboxylic acid groups (broad SMARTS) is 2. The van der Waals surface area contributed by atoms with Crippen molar-refractivity contribution < 1.29 is 50.3 Å². The van der Waals surface area contributed by atoms with Crippen LogP contribution in [0.25, 0.3) is 0 Å². The van der Waals surface area contributed by atoms with Crippen molar-refractivity contribution in [2.75, 3.05) is 4.90 Å². The third kappa shape index (κ3) is 9.36. The predicted molar refractivity (Wildman–Crippen MR) is 224 cm³/mol. The number of carboxylic acids is 2. The molecule has 0 atom stereocenters. The molecule has 0 aromatic heterocycles. The first-order chi connectivity index (χ1) is 27.7. The van der Waals surface area contributed by atoms with Gasteiger partial charge in [-0.25, -0.2) is 0 Å². The summed E-state index contributed by atoms with van der Waals surface area (Å²) < 4.78 is 70.0. The van der Waals surface area contributed by atoms with E-state index in [9.17, 15) is 45.7 Å². The Kier molecular flexibility index (Phi) is 11.8. The van der Waals surface area contributed by atoms with Gasteiger partial charge in [-0.15, -0.1) is 0 Å². The van der Waals surface area contributed by atoms with Crippen LogP contribution in [0, 0.1) is 0 Å². The Balaban J connectivity index is 1.29. The van der Waals surface area contributed by atoms with E-state index in [0.717, 1.165) is 45.0 Å². The van der Waals surface area contributed by atoms with Crippen LogP contribution in [0.1, 0.15) is 61.1 Å². The second-order valence-corrected chi connectivity index (χ2v) is 18.4. The van der Waals surface area contributed by atoms with Crippen LogP contribution in [0.15, 0.2) is 143 Å². The lowest BCUT2D eigenvalue weighted by molar-refractivity contribution is -0.455. The highest BCUT2D eigenvalue weighted by Crippen LogP contribution is 2.49. The van der Waals surface area contributed by atoms with Gasteiger partial charge in [-0.2, -0.15) is 21.4 Å². The summed E-state index contributed by atoms with van der Waals surface area (Å²) in [6.07, 6.45) is 13.0. The molecule has 2 heterocycles. The fraction of sp³-hybridized carbons (Fsp3) is 0.222. The van der Waals surface area contributed by atoms with E-state index in [0.29, 0.717) is 24.2 Å². The fourth-order valence-corrected chi connectivity index (χ4v) is 8.71. The molecular formula is C45H45N2O10S2+. The monoisotopic (exact) mass is 837 g/mol. The van der Waals surface area contributed by atoms with Crippen molar-refractivity contribution in [3.05, 3.63) is 167 Å². The molecule has 0 spiro atoms. The first-order valence-corrected chi connectivity index (χ1v) is 21.5. The second kappa shape index (κ2) is 16.4. The Labute approximate surface area is 344 Å². The SMILES string of the molecule is CC1(C)C(/C=C/C=C/C=C/C=C2/N(Cc3ccc(CC(=O)O)cc3)c3ccc(S(=O)(=O)O)cc3C2(C)C)=[N+](Cc2ccc(CC(=O)O)cc2)c2ccc(S(=O)(=O)O)cc21. The second-order valence-electron chi connectivity index (χ2n) is 15.6. The molecule has 14 heteroatoms. The van der Waals surface area contributed by atoms with Crippen molar-refractivity contribution >= 4 is 49.3 Å². The summed E-state index contributed by atoms with van der Waals surface area (Å²) in [5, 5.41) is 18.4. The third-order valence-electron chi connectivity index (χ3n) is 10.7. The maximum atomic E-state index is 12.1. The summed E-state index contributed by atoms with van der Waals surface area (Å²) in [5.41, 5.74) is 6.55. The molecule has 0 aliphatic carbocycles.